The Bertz CT molecular complexity index is 438. The fourth-order valence-corrected chi connectivity index (χ4v) is 1.67. The molecule has 0 aliphatic heterocycles. The van der Waals surface area contributed by atoms with Crippen molar-refractivity contribution in [3.05, 3.63) is 42.4 Å². The van der Waals surface area contributed by atoms with Crippen LogP contribution in [0, 0.1) is 0 Å². The lowest BCUT2D eigenvalue weighted by atomic mass is 10.0. The Morgan fingerprint density at radius 2 is 1.80 bits per heavy atom. The molecule has 2 heteroatoms. The third kappa shape index (κ3) is 1.94. The predicted molar refractivity (Wildman–Crippen MR) is 62.7 cm³/mol. The first-order valence-electron chi connectivity index (χ1n) is 5.25. The van der Waals surface area contributed by atoms with Crippen molar-refractivity contribution in [2.75, 3.05) is 0 Å². The minimum atomic E-state index is 0.589. The van der Waals surface area contributed by atoms with E-state index in [-0.39, 0.29) is 0 Å². The van der Waals surface area contributed by atoms with Crippen LogP contribution >= 0.6 is 0 Å². The molecule has 0 unspecified atom stereocenters. The van der Waals surface area contributed by atoms with Gasteiger partial charge in [-0.2, -0.15) is 0 Å². The van der Waals surface area contributed by atoms with E-state index in [1.54, 1.807) is 0 Å². The first kappa shape index (κ1) is 9.97. The fraction of sp³-hybridized carbons (Fsp3) is 0.308. The molecule has 0 atom stereocenters. The van der Waals surface area contributed by atoms with Gasteiger partial charge in [0.15, 0.2) is 0 Å². The number of aryl methyl sites for hydroxylation is 1. The van der Waals surface area contributed by atoms with Crippen LogP contribution in [0.1, 0.15) is 25.3 Å². The molecule has 0 saturated heterocycles. The van der Waals surface area contributed by atoms with Gasteiger partial charge in [0.2, 0.25) is 0 Å². The van der Waals surface area contributed by atoms with E-state index in [0.717, 1.165) is 5.69 Å². The molecular weight excluding hydrogens is 184 g/mol. The van der Waals surface area contributed by atoms with Gasteiger partial charge in [-0.05, 0) is 17.0 Å². The second-order valence-corrected chi connectivity index (χ2v) is 4.17. The van der Waals surface area contributed by atoms with Crippen LogP contribution in [-0.4, -0.2) is 9.55 Å². The lowest BCUT2D eigenvalue weighted by Crippen LogP contribution is -1.90. The molecule has 0 fully saturated rings. The monoisotopic (exact) mass is 200 g/mol. The Labute approximate surface area is 90.6 Å². The fourth-order valence-electron chi connectivity index (χ4n) is 1.67. The first-order valence-corrected chi connectivity index (χ1v) is 5.25. The molecule has 0 radical (unpaired) electrons. The maximum absolute atomic E-state index is 4.12. The third-order valence-corrected chi connectivity index (χ3v) is 2.69. The van der Waals surface area contributed by atoms with Crippen molar-refractivity contribution in [1.29, 1.82) is 0 Å². The highest BCUT2D eigenvalue weighted by atomic mass is 15.0. The van der Waals surface area contributed by atoms with E-state index in [4.69, 9.17) is 0 Å². The summed E-state index contributed by atoms with van der Waals surface area (Å²) in [6, 6.07) is 8.69. The zero-order chi connectivity index (χ0) is 10.8. The van der Waals surface area contributed by atoms with Gasteiger partial charge in [-0.3, -0.25) is 0 Å². The molecule has 2 aromatic rings. The number of nitrogens with zero attached hydrogens (tertiary/aromatic N) is 2. The Morgan fingerprint density at radius 1 is 1.13 bits per heavy atom. The van der Waals surface area contributed by atoms with E-state index < -0.39 is 0 Å². The lowest BCUT2D eigenvalue weighted by Gasteiger charge is -2.07. The highest BCUT2D eigenvalue weighted by molar-refractivity contribution is 5.59. The van der Waals surface area contributed by atoms with Gasteiger partial charge in [0.05, 0.1) is 18.2 Å². The van der Waals surface area contributed by atoms with Crippen LogP contribution in [0.3, 0.4) is 0 Å². The summed E-state index contributed by atoms with van der Waals surface area (Å²) < 4.78 is 2.03. The van der Waals surface area contributed by atoms with E-state index >= 15 is 0 Å². The van der Waals surface area contributed by atoms with Crippen LogP contribution < -0.4 is 0 Å². The maximum atomic E-state index is 4.12. The van der Waals surface area contributed by atoms with Crippen LogP contribution in [0.15, 0.2) is 36.8 Å². The number of imidazole rings is 1. The summed E-state index contributed by atoms with van der Waals surface area (Å²) in [5.74, 6) is 0.589. The average Bonchev–Trinajstić information content (AvgIpc) is 2.65. The minimum Gasteiger partial charge on any atom is -0.334 e. The van der Waals surface area contributed by atoms with E-state index in [2.05, 4.69) is 43.1 Å². The molecule has 0 spiro atoms. The molecule has 0 N–H and O–H groups in total. The second kappa shape index (κ2) is 3.89. The van der Waals surface area contributed by atoms with Gasteiger partial charge in [0.25, 0.3) is 0 Å². The van der Waals surface area contributed by atoms with E-state index in [1.165, 1.54) is 11.1 Å². The first-order chi connectivity index (χ1) is 7.18. The van der Waals surface area contributed by atoms with Gasteiger partial charge in [-0.25, -0.2) is 4.98 Å². The molecule has 1 aromatic carbocycles. The van der Waals surface area contributed by atoms with Gasteiger partial charge in [-0.15, -0.1) is 0 Å². The van der Waals surface area contributed by atoms with E-state index in [9.17, 15) is 0 Å². The Kier molecular flexibility index (Phi) is 2.58. The van der Waals surface area contributed by atoms with Gasteiger partial charge >= 0.3 is 0 Å². The van der Waals surface area contributed by atoms with Gasteiger partial charge in [0, 0.05) is 7.05 Å². The van der Waals surface area contributed by atoms with Crippen LogP contribution in [0.2, 0.25) is 0 Å². The maximum Gasteiger partial charge on any atom is 0.0948 e. The summed E-state index contributed by atoms with van der Waals surface area (Å²) in [5, 5.41) is 0. The normalized spacial score (nSPS) is 10.9. The molecule has 0 aliphatic carbocycles. The van der Waals surface area contributed by atoms with Gasteiger partial charge in [0.1, 0.15) is 0 Å². The summed E-state index contributed by atoms with van der Waals surface area (Å²) >= 11 is 0. The van der Waals surface area contributed by atoms with Crippen molar-refractivity contribution in [1.82, 2.24) is 9.55 Å². The minimum absolute atomic E-state index is 0.589. The third-order valence-electron chi connectivity index (χ3n) is 2.69. The Balaban J connectivity index is 2.36. The van der Waals surface area contributed by atoms with Crippen LogP contribution in [0.5, 0.6) is 0 Å². The summed E-state index contributed by atoms with van der Waals surface area (Å²) in [4.78, 5) is 4.12. The SMILES string of the molecule is CC(C)c1ccc(-c2cncn2C)cc1. The second-order valence-electron chi connectivity index (χ2n) is 4.17. The van der Waals surface area contributed by atoms with Crippen molar-refractivity contribution in [3.8, 4) is 11.3 Å². The highest BCUT2D eigenvalue weighted by Gasteiger charge is 2.03. The number of aromatic nitrogens is 2. The quantitative estimate of drug-likeness (QED) is 0.727. The Hall–Kier alpha value is -1.57. The highest BCUT2D eigenvalue weighted by Crippen LogP contribution is 2.21. The van der Waals surface area contributed by atoms with Crippen molar-refractivity contribution in [3.63, 3.8) is 0 Å². The Morgan fingerprint density at radius 3 is 2.27 bits per heavy atom. The molecule has 0 aliphatic rings. The van der Waals surface area contributed by atoms with Crippen LogP contribution in [0.25, 0.3) is 11.3 Å². The lowest BCUT2D eigenvalue weighted by molar-refractivity contribution is 0.866. The summed E-state index contributed by atoms with van der Waals surface area (Å²) in [6.07, 6.45) is 3.72. The largest absolute Gasteiger partial charge is 0.334 e. The molecule has 1 aromatic heterocycles. The van der Waals surface area contributed by atoms with Crippen molar-refractivity contribution in [2.24, 2.45) is 7.05 Å². The van der Waals surface area contributed by atoms with E-state index in [0.29, 0.717) is 5.92 Å². The standard InChI is InChI=1S/C13H16N2/c1-10(2)11-4-6-12(7-5-11)13-8-14-9-15(13)3/h4-10H,1-3H3. The van der Waals surface area contributed by atoms with E-state index in [1.807, 2.05) is 24.1 Å². The smallest absolute Gasteiger partial charge is 0.0948 e. The number of hydrogen-bond acceptors (Lipinski definition) is 1. The molecule has 78 valence electrons. The predicted octanol–water partition coefficient (Wildman–Crippen LogP) is 3.21. The molecule has 2 nitrogen and oxygen atoms in total. The summed E-state index contributed by atoms with van der Waals surface area (Å²) in [5.41, 5.74) is 3.76. The molecule has 0 amide bonds. The summed E-state index contributed by atoms with van der Waals surface area (Å²) in [7, 11) is 2.01. The van der Waals surface area contributed by atoms with Crippen molar-refractivity contribution >= 4 is 0 Å². The zero-order valence-corrected chi connectivity index (χ0v) is 9.44. The van der Waals surface area contributed by atoms with Crippen LogP contribution in [-0.2, 0) is 7.05 Å². The van der Waals surface area contributed by atoms with Gasteiger partial charge < -0.3 is 4.57 Å². The summed E-state index contributed by atoms with van der Waals surface area (Å²) in [6.45, 7) is 4.41. The average molecular weight is 200 g/mol. The number of benzene rings is 1. The topological polar surface area (TPSA) is 17.8 Å². The number of rotatable bonds is 2. The van der Waals surface area contributed by atoms with Crippen molar-refractivity contribution in [2.45, 2.75) is 19.8 Å². The van der Waals surface area contributed by atoms with Crippen molar-refractivity contribution < 1.29 is 0 Å². The molecule has 1 heterocycles. The van der Waals surface area contributed by atoms with Gasteiger partial charge in [-0.1, -0.05) is 38.1 Å². The molecular formula is C13H16N2. The molecule has 15 heavy (non-hydrogen) atoms. The zero-order valence-electron chi connectivity index (χ0n) is 9.44. The van der Waals surface area contributed by atoms with Crippen LogP contribution in [0.4, 0.5) is 0 Å². The molecule has 0 saturated carbocycles. The molecule has 0 bridgehead atoms. The molecule has 2 rings (SSSR count). The number of hydrogen-bond donors (Lipinski definition) is 0.